The smallest absolute Gasteiger partial charge is 0.310 e. The van der Waals surface area contributed by atoms with Crippen LogP contribution in [-0.4, -0.2) is 21.7 Å². The topological polar surface area (TPSA) is 26.3 Å². The standard InChI is InChI=1S/C15H24Br2O2/c1-9(2)7-10-12(14(10,3)4)13(18)19-15(5,6)11(17)8-16/h7,10-12H,8H2,1-6H3/t10-,11+,12-/m0/s1. The van der Waals surface area contributed by atoms with Crippen LogP contribution >= 0.6 is 31.9 Å². The largest absolute Gasteiger partial charge is 0.458 e. The first kappa shape index (κ1) is 17.2. The highest BCUT2D eigenvalue weighted by atomic mass is 79.9. The Hall–Kier alpha value is 0.170. The second-order valence-corrected chi connectivity index (χ2v) is 8.47. The van der Waals surface area contributed by atoms with E-state index in [2.05, 4.69) is 65.6 Å². The second-order valence-electron chi connectivity index (χ2n) is 6.72. The molecule has 1 aliphatic carbocycles. The lowest BCUT2D eigenvalue weighted by Crippen LogP contribution is -2.39. The number of rotatable bonds is 5. The highest BCUT2D eigenvalue weighted by Crippen LogP contribution is 2.60. The van der Waals surface area contributed by atoms with Gasteiger partial charge in [-0.1, -0.05) is 57.4 Å². The van der Waals surface area contributed by atoms with E-state index in [-0.39, 0.29) is 22.1 Å². The summed E-state index contributed by atoms with van der Waals surface area (Å²) in [4.78, 5) is 12.5. The molecule has 1 saturated carbocycles. The number of carbonyl (C=O) groups excluding carboxylic acids is 1. The van der Waals surface area contributed by atoms with Crippen molar-refractivity contribution >= 4 is 37.8 Å². The van der Waals surface area contributed by atoms with Gasteiger partial charge in [-0.05, 0) is 39.0 Å². The van der Waals surface area contributed by atoms with Gasteiger partial charge < -0.3 is 4.74 Å². The number of halogens is 2. The van der Waals surface area contributed by atoms with Crippen molar-refractivity contribution in [1.29, 1.82) is 0 Å². The molecule has 3 atom stereocenters. The minimum Gasteiger partial charge on any atom is -0.458 e. The molecule has 0 amide bonds. The summed E-state index contributed by atoms with van der Waals surface area (Å²) in [6.07, 6.45) is 2.19. The molecule has 0 aromatic carbocycles. The predicted molar refractivity (Wildman–Crippen MR) is 86.9 cm³/mol. The molecule has 0 aromatic heterocycles. The molecule has 0 spiro atoms. The fourth-order valence-electron chi connectivity index (χ4n) is 2.37. The lowest BCUT2D eigenvalue weighted by molar-refractivity contribution is -0.158. The molecular formula is C15H24Br2O2. The molecular weight excluding hydrogens is 372 g/mol. The summed E-state index contributed by atoms with van der Waals surface area (Å²) < 4.78 is 5.72. The number of hydrogen-bond acceptors (Lipinski definition) is 2. The van der Waals surface area contributed by atoms with Crippen LogP contribution in [0.15, 0.2) is 11.6 Å². The van der Waals surface area contributed by atoms with E-state index in [1.807, 2.05) is 13.8 Å². The molecule has 1 aliphatic rings. The summed E-state index contributed by atoms with van der Waals surface area (Å²) >= 11 is 6.96. The van der Waals surface area contributed by atoms with Crippen LogP contribution in [0.4, 0.5) is 0 Å². The molecule has 1 fully saturated rings. The number of esters is 1. The van der Waals surface area contributed by atoms with Crippen molar-refractivity contribution in [1.82, 2.24) is 0 Å². The Bertz CT molecular complexity index is 382. The maximum absolute atomic E-state index is 12.4. The highest BCUT2D eigenvalue weighted by Gasteiger charge is 2.62. The van der Waals surface area contributed by atoms with Crippen LogP contribution in [0.1, 0.15) is 41.5 Å². The molecule has 0 radical (unpaired) electrons. The maximum Gasteiger partial charge on any atom is 0.310 e. The number of carbonyl (C=O) groups is 1. The Balaban J connectivity index is 2.73. The summed E-state index contributed by atoms with van der Waals surface area (Å²) in [6, 6.07) is 0. The zero-order valence-electron chi connectivity index (χ0n) is 12.6. The molecule has 2 nitrogen and oxygen atoms in total. The number of hydrogen-bond donors (Lipinski definition) is 0. The van der Waals surface area contributed by atoms with Gasteiger partial charge in [0.1, 0.15) is 5.60 Å². The zero-order chi connectivity index (χ0) is 15.0. The summed E-state index contributed by atoms with van der Waals surface area (Å²) in [5, 5.41) is 0.749. The van der Waals surface area contributed by atoms with Gasteiger partial charge in [0.15, 0.2) is 0 Å². The van der Waals surface area contributed by atoms with E-state index in [0.717, 1.165) is 5.33 Å². The quantitative estimate of drug-likeness (QED) is 0.383. The molecule has 0 saturated heterocycles. The molecule has 0 unspecified atom stereocenters. The summed E-state index contributed by atoms with van der Waals surface area (Å²) in [6.45, 7) is 12.3. The maximum atomic E-state index is 12.4. The van der Waals surface area contributed by atoms with Crippen LogP contribution in [0, 0.1) is 17.3 Å². The highest BCUT2D eigenvalue weighted by molar-refractivity contribution is 9.12. The van der Waals surface area contributed by atoms with Gasteiger partial charge in [-0.3, -0.25) is 4.79 Å². The molecule has 1 rings (SSSR count). The van der Waals surface area contributed by atoms with Gasteiger partial charge in [0.05, 0.1) is 10.7 Å². The molecule has 4 heteroatoms. The summed E-state index contributed by atoms with van der Waals surface area (Å²) in [7, 11) is 0. The van der Waals surface area contributed by atoms with Gasteiger partial charge in [-0.15, -0.1) is 0 Å². The molecule has 110 valence electrons. The van der Waals surface area contributed by atoms with E-state index < -0.39 is 5.60 Å². The first-order valence-corrected chi connectivity index (χ1v) is 8.65. The third kappa shape index (κ3) is 3.84. The van der Waals surface area contributed by atoms with Crippen LogP contribution < -0.4 is 0 Å². The Labute approximate surface area is 133 Å². The van der Waals surface area contributed by atoms with E-state index in [1.165, 1.54) is 5.57 Å². The summed E-state index contributed by atoms with van der Waals surface area (Å²) in [5.74, 6) is 0.207. The zero-order valence-corrected chi connectivity index (χ0v) is 15.8. The Morgan fingerprint density at radius 3 is 2.37 bits per heavy atom. The summed E-state index contributed by atoms with van der Waals surface area (Å²) in [5.41, 5.74) is 0.765. The molecule has 0 aliphatic heterocycles. The Morgan fingerprint density at radius 2 is 1.95 bits per heavy atom. The Morgan fingerprint density at radius 1 is 1.42 bits per heavy atom. The fraction of sp³-hybridized carbons (Fsp3) is 0.800. The van der Waals surface area contributed by atoms with E-state index in [4.69, 9.17) is 4.74 Å². The van der Waals surface area contributed by atoms with Gasteiger partial charge in [-0.25, -0.2) is 0 Å². The lowest BCUT2D eigenvalue weighted by Gasteiger charge is -2.29. The lowest BCUT2D eigenvalue weighted by atomic mass is 10.1. The van der Waals surface area contributed by atoms with Crippen molar-refractivity contribution in [2.75, 3.05) is 5.33 Å². The van der Waals surface area contributed by atoms with Crippen LogP contribution in [0.5, 0.6) is 0 Å². The Kier molecular flexibility index (Phi) is 5.33. The first-order chi connectivity index (χ1) is 8.54. The normalized spacial score (nSPS) is 26.5. The number of allylic oxidation sites excluding steroid dienone is 2. The number of ether oxygens (including phenoxy) is 1. The SMILES string of the molecule is CC(C)=C[C@H]1[C@@H](C(=O)OC(C)(C)[C@H](Br)CBr)C1(C)C. The first-order valence-electron chi connectivity index (χ1n) is 6.62. The fourth-order valence-corrected chi connectivity index (χ4v) is 3.24. The molecule has 0 bridgehead atoms. The molecule has 0 N–H and O–H groups in total. The van der Waals surface area contributed by atoms with E-state index in [0.29, 0.717) is 5.92 Å². The van der Waals surface area contributed by atoms with Crippen LogP contribution in [0.25, 0.3) is 0 Å². The monoisotopic (exact) mass is 394 g/mol. The van der Waals surface area contributed by atoms with E-state index in [9.17, 15) is 4.79 Å². The third-order valence-electron chi connectivity index (χ3n) is 3.93. The third-order valence-corrected chi connectivity index (χ3v) is 6.87. The minimum atomic E-state index is -0.505. The van der Waals surface area contributed by atoms with Crippen LogP contribution in [-0.2, 0) is 9.53 Å². The average molecular weight is 396 g/mol. The van der Waals surface area contributed by atoms with E-state index in [1.54, 1.807) is 0 Å². The number of alkyl halides is 2. The van der Waals surface area contributed by atoms with Crippen molar-refractivity contribution in [3.63, 3.8) is 0 Å². The van der Waals surface area contributed by atoms with Crippen molar-refractivity contribution in [3.8, 4) is 0 Å². The minimum absolute atomic E-state index is 0.0145. The molecule has 19 heavy (non-hydrogen) atoms. The van der Waals surface area contributed by atoms with Crippen LogP contribution in [0.2, 0.25) is 0 Å². The van der Waals surface area contributed by atoms with Crippen molar-refractivity contribution in [2.45, 2.75) is 52.0 Å². The van der Waals surface area contributed by atoms with Gasteiger partial charge in [0.25, 0.3) is 0 Å². The van der Waals surface area contributed by atoms with Crippen molar-refractivity contribution in [3.05, 3.63) is 11.6 Å². The predicted octanol–water partition coefficient (Wildman–Crippen LogP) is 4.71. The molecule has 0 aromatic rings. The van der Waals surface area contributed by atoms with Gasteiger partial charge in [-0.2, -0.15) is 0 Å². The van der Waals surface area contributed by atoms with Crippen molar-refractivity contribution < 1.29 is 9.53 Å². The molecule has 0 heterocycles. The van der Waals surface area contributed by atoms with Crippen LogP contribution in [0.3, 0.4) is 0 Å². The van der Waals surface area contributed by atoms with Gasteiger partial charge in [0, 0.05) is 5.33 Å². The van der Waals surface area contributed by atoms with E-state index >= 15 is 0 Å². The van der Waals surface area contributed by atoms with Gasteiger partial charge in [0.2, 0.25) is 0 Å². The van der Waals surface area contributed by atoms with Gasteiger partial charge >= 0.3 is 5.97 Å². The average Bonchev–Trinajstić information content (AvgIpc) is 2.77. The second kappa shape index (κ2) is 5.88. The van der Waals surface area contributed by atoms with Crippen molar-refractivity contribution in [2.24, 2.45) is 17.3 Å².